The Labute approximate surface area is 423 Å². The molecule has 3 atom stereocenters. The molecule has 5 aromatic rings. The summed E-state index contributed by atoms with van der Waals surface area (Å²) in [5, 5.41) is 2.98. The number of fused-ring (bicyclic) bond motifs is 4. The smallest absolute Gasteiger partial charge is 0.236 e. The number of carbonyl (C=O) groups is 2. The van der Waals surface area contributed by atoms with Crippen LogP contribution in [0.5, 0.6) is 17.2 Å². The summed E-state index contributed by atoms with van der Waals surface area (Å²) in [6.07, 6.45) is 6.52. The van der Waals surface area contributed by atoms with E-state index >= 15 is 0 Å². The van der Waals surface area contributed by atoms with Crippen LogP contribution >= 0.6 is 104 Å². The number of benzene rings is 3. The maximum absolute atomic E-state index is 13.2. The number of aromatic nitrogens is 3. The highest BCUT2D eigenvalue weighted by Gasteiger charge is 2.56. The monoisotopic (exact) mass is 1290 g/mol. The van der Waals surface area contributed by atoms with Crippen LogP contribution in [0.3, 0.4) is 0 Å². The van der Waals surface area contributed by atoms with E-state index < -0.39 is 40.8 Å². The Hall–Kier alpha value is -2.92. The Kier molecular flexibility index (Phi) is 26.8. The highest BCUT2D eigenvalue weighted by Crippen LogP contribution is 2.53. The van der Waals surface area contributed by atoms with Gasteiger partial charge in [-0.25, -0.2) is 36.3 Å². The van der Waals surface area contributed by atoms with E-state index in [0.29, 0.717) is 53.7 Å². The maximum atomic E-state index is 13.2. The molecule has 1 fully saturated rings. The molecule has 3 aliphatic rings. The van der Waals surface area contributed by atoms with Gasteiger partial charge in [0.2, 0.25) is 11.8 Å². The number of imidazole rings is 1. The molecule has 2 aromatic heterocycles. The number of rotatable bonds is 4. The number of nitrogens with two attached hydrogens (primary N) is 2. The van der Waals surface area contributed by atoms with Crippen molar-refractivity contribution in [1.82, 2.24) is 21.6 Å². The van der Waals surface area contributed by atoms with Crippen molar-refractivity contribution in [3.05, 3.63) is 125 Å². The SMILES string of the molecule is C.Cl.ClCCl.N[C@@H]1[C@H]2Oc3ccc(Oc4ccnc5c4CCC(=O)N5)cc3[C@@H]12.Nc1cc(F)c(F)cc1F.O=C(Cc1cc(F)c(F)cc1F)n1ccnc1.[2H]CI.[3H]N(C)I.[3H]N(C)I. The van der Waals surface area contributed by atoms with Crippen molar-refractivity contribution in [3.8, 4) is 17.2 Å². The normalized spacial score (nSPS) is 15.8. The third-order valence-corrected chi connectivity index (χ3v) is 7.97. The quantitative estimate of drug-likeness (QED) is 0.0291. The Morgan fingerprint density at radius 3 is 2.14 bits per heavy atom. The third kappa shape index (κ3) is 18.5. The fourth-order valence-corrected chi connectivity index (χ4v) is 5.32. The highest BCUT2D eigenvalue weighted by molar-refractivity contribution is 14.1. The lowest BCUT2D eigenvalue weighted by Gasteiger charge is -2.19. The van der Waals surface area contributed by atoms with E-state index in [9.17, 15) is 35.9 Å². The molecule has 1 aliphatic carbocycles. The zero-order valence-electron chi connectivity index (χ0n) is 35.3. The first-order chi connectivity index (χ1) is 30.2. The Morgan fingerprint density at radius 1 is 1.00 bits per heavy atom. The van der Waals surface area contributed by atoms with E-state index in [4.69, 9.17) is 48.3 Å². The van der Waals surface area contributed by atoms with Crippen molar-refractivity contribution in [2.45, 2.75) is 44.8 Å². The van der Waals surface area contributed by atoms with Crippen LogP contribution in [0, 0.1) is 34.9 Å². The van der Waals surface area contributed by atoms with Gasteiger partial charge >= 0.3 is 0 Å². The molecule has 0 bridgehead atoms. The molecule has 2 aliphatic heterocycles. The van der Waals surface area contributed by atoms with Gasteiger partial charge in [-0.2, -0.15) is 0 Å². The number of nitrogen functional groups attached to an aromatic ring is 1. The number of hydrogen-bond donors (Lipinski definition) is 5. The van der Waals surface area contributed by atoms with E-state index in [2.05, 4.69) is 15.3 Å². The molecule has 0 saturated heterocycles. The van der Waals surface area contributed by atoms with Crippen LogP contribution in [0.25, 0.3) is 0 Å². The van der Waals surface area contributed by atoms with Crippen molar-refractivity contribution in [2.24, 2.45) is 5.73 Å². The summed E-state index contributed by atoms with van der Waals surface area (Å²) in [5.41, 5.74) is 12.4. The standard InChI is InChI=1S/C17H15N3O3.C11H7F3N2O.C6H4F3N.CH2Cl2.2CH4IN.CH3I.CH4.ClH/c18-15-14-10-7-8(1-3-11(10)23-16(14)15)22-12-5-6-19-17-9(12)2-4-13(21)20-17;12-8-5-10(14)9(13)3-7(8)4-11(17)16-2-1-15-6-16;7-3-1-5(9)6(10)2-4(3)8;2-1-3;2*1-3-2;1-2;;/h1,3,5-7,14-16H,2,4,18H2,(H,19,20,21);1-3,5-6H,4H2;1-2H,10H2;1H2;2*3H,1H3;1H3;1H4;1H/t14-,15-,16-;;;;;;;;/m0......../s1/i;;;;;;1D;;/hT2. The second-order valence-corrected chi connectivity index (χ2v) is 14.5. The number of halogens is 12. The molecule has 348 valence electrons. The van der Waals surface area contributed by atoms with Gasteiger partial charge in [0.1, 0.15) is 50.0 Å². The van der Waals surface area contributed by atoms with Gasteiger partial charge in [0, 0.05) is 113 Å². The molecule has 12 nitrogen and oxygen atoms in total. The number of alkyl halides is 3. The second kappa shape index (κ2) is 31.1. The lowest BCUT2D eigenvalue weighted by molar-refractivity contribution is -0.116. The summed E-state index contributed by atoms with van der Waals surface area (Å²) in [5.74, 6) is -3.95. The topological polar surface area (TPSA) is 171 Å². The third-order valence-electron chi connectivity index (χ3n) is 7.97. The zero-order valence-corrected chi connectivity index (χ0v) is 41.1. The van der Waals surface area contributed by atoms with Crippen LogP contribution in [0.4, 0.5) is 37.8 Å². The van der Waals surface area contributed by atoms with Crippen LogP contribution in [-0.2, 0) is 17.6 Å². The van der Waals surface area contributed by atoms with Crippen molar-refractivity contribution >= 4 is 127 Å². The number of hydrogen-bond acceptors (Lipinski definition) is 10. The molecule has 24 heteroatoms. The molecule has 0 unspecified atom stereocenters. The molecule has 0 spiro atoms. The van der Waals surface area contributed by atoms with Gasteiger partial charge < -0.3 is 26.3 Å². The first-order valence-corrected chi connectivity index (χ1v) is 21.5. The van der Waals surface area contributed by atoms with Crippen LogP contribution < -0.4 is 33.3 Å². The van der Waals surface area contributed by atoms with E-state index in [1.165, 1.54) is 25.8 Å². The fraction of sp³-hybridized carbons (Fsp3) is 0.282. The van der Waals surface area contributed by atoms with Gasteiger partial charge in [-0.3, -0.25) is 21.2 Å². The molecule has 4 heterocycles. The van der Waals surface area contributed by atoms with Gasteiger partial charge in [-0.1, -0.05) is 30.0 Å². The molecule has 7 N–H and O–H groups in total. The summed E-state index contributed by atoms with van der Waals surface area (Å²) in [7, 11) is 3.31. The minimum atomic E-state index is -1.28. The molecule has 63 heavy (non-hydrogen) atoms. The van der Waals surface area contributed by atoms with Crippen molar-refractivity contribution in [3.63, 3.8) is 0 Å². The molecule has 8 rings (SSSR count). The Morgan fingerprint density at radius 2 is 1.57 bits per heavy atom. The predicted molar refractivity (Wildman–Crippen MR) is 263 cm³/mol. The average Bonchev–Trinajstić information content (AvgIpc) is 3.54. The zero-order chi connectivity index (χ0) is 48.3. The number of nitrogens with zero attached hydrogens (tertiary/aromatic N) is 3. The van der Waals surface area contributed by atoms with Crippen LogP contribution in [0.15, 0.2) is 73.4 Å². The lowest BCUT2D eigenvalue weighted by Crippen LogP contribution is -2.20. The molecule has 0 radical (unpaired) electrons. The first kappa shape index (κ1) is 54.4. The number of carbonyl (C=O) groups excluding carboxylic acids is 2. The van der Waals surface area contributed by atoms with Gasteiger partial charge in [0.15, 0.2) is 23.3 Å². The number of anilines is 2. The number of ether oxygens (including phenoxy) is 2. The second-order valence-electron chi connectivity index (χ2n) is 11.8. The van der Waals surface area contributed by atoms with Gasteiger partial charge in [0.05, 0.1) is 23.5 Å². The number of amides is 1. The van der Waals surface area contributed by atoms with Gasteiger partial charge in [-0.05, 0) is 55.8 Å². The maximum Gasteiger partial charge on any atom is 0.236 e. The number of pyridine rings is 1. The van der Waals surface area contributed by atoms with Crippen LogP contribution in [-0.4, -0.2) is 62.8 Å². The first-order valence-electron chi connectivity index (χ1n) is 18.6. The van der Waals surface area contributed by atoms with Crippen molar-refractivity contribution < 1.29 is 49.6 Å². The lowest BCUT2D eigenvalue weighted by atomic mass is 10.1. The van der Waals surface area contributed by atoms with E-state index in [1.807, 2.05) is 92.6 Å². The highest BCUT2D eigenvalue weighted by atomic mass is 127. The molecule has 1 amide bonds. The van der Waals surface area contributed by atoms with Gasteiger partial charge in [-0.15, -0.1) is 35.6 Å². The van der Waals surface area contributed by atoms with Gasteiger partial charge in [0.25, 0.3) is 0 Å². The molecular formula is C39H44Cl3F6I3N8O4. The summed E-state index contributed by atoms with van der Waals surface area (Å²) in [6, 6.07) is 9.86. The predicted octanol–water partition coefficient (Wildman–Crippen LogP) is 10.5. The van der Waals surface area contributed by atoms with E-state index in [-0.39, 0.29) is 60.9 Å². The minimum Gasteiger partial charge on any atom is -0.488 e. The molecule has 3 aromatic carbocycles. The van der Waals surface area contributed by atoms with E-state index in [1.54, 1.807) is 20.3 Å². The van der Waals surface area contributed by atoms with Crippen molar-refractivity contribution in [2.75, 3.05) is 35.4 Å². The Bertz CT molecular complexity index is 2230. The summed E-state index contributed by atoms with van der Waals surface area (Å²) in [6.45, 7) is 0. The van der Waals surface area contributed by atoms with E-state index in [0.717, 1.165) is 32.9 Å². The Balaban J connectivity index is 0.000000867. The molecule has 1 saturated carbocycles. The fourth-order valence-electron chi connectivity index (χ4n) is 5.32. The van der Waals surface area contributed by atoms with Crippen molar-refractivity contribution in [1.29, 1.82) is 0 Å². The summed E-state index contributed by atoms with van der Waals surface area (Å²) < 4.78 is 110. The number of nitrogens with one attached hydrogen (secondary N) is 3. The molecular weight excluding hydrogens is 1250 g/mol. The summed E-state index contributed by atoms with van der Waals surface area (Å²) in [4.78, 5) is 31.4. The summed E-state index contributed by atoms with van der Waals surface area (Å²) >= 11 is 15.2. The average molecular weight is 1290 g/mol. The largest absolute Gasteiger partial charge is 0.488 e. The van der Waals surface area contributed by atoms with Crippen LogP contribution in [0.1, 0.15) is 42.6 Å². The van der Waals surface area contributed by atoms with Crippen LogP contribution in [0.2, 0.25) is 2.82 Å². The minimum absolute atomic E-state index is 0.